The van der Waals surface area contributed by atoms with Crippen molar-refractivity contribution >= 4 is 17.6 Å². The number of amides is 3. The number of halogens is 1. The number of ether oxygens (including phenoxy) is 3. The van der Waals surface area contributed by atoms with Gasteiger partial charge in [0.15, 0.2) is 0 Å². The molecule has 0 saturated carbocycles. The van der Waals surface area contributed by atoms with Gasteiger partial charge in [0, 0.05) is 25.2 Å². The topological polar surface area (TPSA) is 118 Å². The quantitative estimate of drug-likeness (QED) is 0.466. The summed E-state index contributed by atoms with van der Waals surface area (Å²) in [5.41, 5.74) is 1.40. The van der Waals surface area contributed by atoms with Crippen LogP contribution in [0.5, 0.6) is 5.75 Å². The van der Waals surface area contributed by atoms with Crippen LogP contribution in [0.4, 0.5) is 14.9 Å². The highest BCUT2D eigenvalue weighted by atomic mass is 19.1. The minimum Gasteiger partial charge on any atom is -0.497 e. The van der Waals surface area contributed by atoms with E-state index >= 15 is 0 Å². The van der Waals surface area contributed by atoms with E-state index in [1.807, 2.05) is 0 Å². The second-order valence-electron chi connectivity index (χ2n) is 8.33. The van der Waals surface area contributed by atoms with Crippen LogP contribution < -0.4 is 20.7 Å². The Morgan fingerprint density at radius 2 is 1.82 bits per heavy atom. The molecule has 0 bridgehead atoms. The number of carbonyl (C=O) groups is 2. The average molecular weight is 474 g/mol. The summed E-state index contributed by atoms with van der Waals surface area (Å²) in [4.78, 5) is 24.4. The van der Waals surface area contributed by atoms with Crippen molar-refractivity contribution in [2.75, 3.05) is 19.0 Å². The Labute approximate surface area is 196 Å². The van der Waals surface area contributed by atoms with E-state index in [9.17, 15) is 19.1 Å². The zero-order valence-electron chi connectivity index (χ0n) is 18.7. The minimum atomic E-state index is -0.918. The van der Waals surface area contributed by atoms with Gasteiger partial charge in [-0.05, 0) is 42.0 Å². The van der Waals surface area contributed by atoms with Crippen LogP contribution in [-0.2, 0) is 20.8 Å². The first kappa shape index (κ1) is 23.9. The second kappa shape index (κ2) is 10.8. The molecule has 182 valence electrons. The summed E-state index contributed by atoms with van der Waals surface area (Å²) < 4.78 is 29.8. The van der Waals surface area contributed by atoms with Gasteiger partial charge in [0.05, 0.1) is 25.7 Å². The van der Waals surface area contributed by atoms with Crippen LogP contribution in [0.3, 0.4) is 0 Å². The van der Waals surface area contributed by atoms with E-state index in [0.717, 1.165) is 5.56 Å². The van der Waals surface area contributed by atoms with Crippen LogP contribution in [0, 0.1) is 5.82 Å². The van der Waals surface area contributed by atoms with Gasteiger partial charge in [-0.2, -0.15) is 0 Å². The van der Waals surface area contributed by atoms with E-state index in [1.165, 1.54) is 12.1 Å². The molecule has 5 atom stereocenters. The Balaban J connectivity index is 1.17. The van der Waals surface area contributed by atoms with Crippen LogP contribution in [0.25, 0.3) is 0 Å². The van der Waals surface area contributed by atoms with Gasteiger partial charge < -0.3 is 35.3 Å². The van der Waals surface area contributed by atoms with Crippen molar-refractivity contribution in [2.45, 2.75) is 49.9 Å². The zero-order chi connectivity index (χ0) is 24.1. The summed E-state index contributed by atoms with van der Waals surface area (Å²) >= 11 is 0. The predicted octanol–water partition coefficient (Wildman–Crippen LogP) is 1.95. The van der Waals surface area contributed by atoms with Gasteiger partial charge in [0.25, 0.3) is 0 Å². The Kier molecular flexibility index (Phi) is 7.61. The zero-order valence-corrected chi connectivity index (χ0v) is 18.7. The fraction of sp³-hybridized carbons (Fsp3) is 0.417. The van der Waals surface area contributed by atoms with E-state index in [-0.39, 0.29) is 36.9 Å². The molecule has 2 aliphatic rings. The van der Waals surface area contributed by atoms with Crippen LogP contribution >= 0.6 is 0 Å². The average Bonchev–Trinajstić information content (AvgIpc) is 3.35. The monoisotopic (exact) mass is 473 g/mol. The number of fused-ring (bicyclic) bond motifs is 1. The number of aliphatic hydroxyl groups excluding tert-OH is 1. The number of rotatable bonds is 8. The van der Waals surface area contributed by atoms with Crippen molar-refractivity contribution in [3.05, 3.63) is 59.9 Å². The van der Waals surface area contributed by atoms with Crippen LogP contribution in [0.2, 0.25) is 0 Å². The molecule has 4 rings (SSSR count). The van der Waals surface area contributed by atoms with Gasteiger partial charge in [0.2, 0.25) is 5.91 Å². The van der Waals surface area contributed by atoms with E-state index < -0.39 is 24.3 Å². The Hall–Kier alpha value is -3.21. The van der Waals surface area contributed by atoms with Crippen molar-refractivity contribution in [1.82, 2.24) is 10.6 Å². The Bertz CT molecular complexity index is 987. The number of hydrogen-bond acceptors (Lipinski definition) is 6. The van der Waals surface area contributed by atoms with Gasteiger partial charge in [-0.1, -0.05) is 12.1 Å². The van der Waals surface area contributed by atoms with E-state index in [4.69, 9.17) is 14.2 Å². The fourth-order valence-electron chi connectivity index (χ4n) is 4.13. The van der Waals surface area contributed by atoms with Crippen LogP contribution in [0.1, 0.15) is 18.4 Å². The van der Waals surface area contributed by atoms with Crippen molar-refractivity contribution in [3.8, 4) is 5.75 Å². The summed E-state index contributed by atoms with van der Waals surface area (Å²) in [6, 6.07) is 12.4. The van der Waals surface area contributed by atoms with E-state index in [1.54, 1.807) is 43.5 Å². The summed E-state index contributed by atoms with van der Waals surface area (Å²) in [7, 11) is 1.56. The molecule has 2 aromatic carbocycles. The maximum atomic E-state index is 13.0. The first-order valence-electron chi connectivity index (χ1n) is 11.1. The SMILES string of the molecule is COc1ccc(NC(=O)NC[C@H]2O[C@@H]3C[C@@H](CC(=O)NCc4ccc(F)cc4)O[C@@H]3[C@@H]2O)cc1. The molecule has 0 radical (unpaired) electrons. The number of carbonyl (C=O) groups excluding carboxylic acids is 2. The molecule has 10 heteroatoms. The predicted molar refractivity (Wildman–Crippen MR) is 121 cm³/mol. The maximum Gasteiger partial charge on any atom is 0.319 e. The number of nitrogens with one attached hydrogen (secondary N) is 3. The third kappa shape index (κ3) is 6.02. The van der Waals surface area contributed by atoms with E-state index in [2.05, 4.69) is 16.0 Å². The second-order valence-corrected chi connectivity index (χ2v) is 8.33. The van der Waals surface area contributed by atoms with Crippen molar-refractivity contribution in [1.29, 1.82) is 0 Å². The number of urea groups is 1. The first-order chi connectivity index (χ1) is 16.4. The standard InChI is InChI=1S/C24H28FN3O6/c1-32-17-8-6-16(7-9-17)28-24(31)27-13-20-22(30)23-19(34-20)10-18(33-23)11-21(29)26-12-14-2-4-15(25)5-3-14/h2-9,18-20,22-23,30H,10-13H2,1H3,(H,26,29)(H2,27,28,31)/t18-,19+,20+,22+,23-/m0/s1. The number of benzene rings is 2. The lowest BCUT2D eigenvalue weighted by atomic mass is 10.1. The molecule has 0 aromatic heterocycles. The molecule has 9 nitrogen and oxygen atoms in total. The lowest BCUT2D eigenvalue weighted by Gasteiger charge is -2.20. The highest BCUT2D eigenvalue weighted by Gasteiger charge is 2.50. The van der Waals surface area contributed by atoms with E-state index in [0.29, 0.717) is 24.4 Å². The fourth-order valence-corrected chi connectivity index (χ4v) is 4.13. The summed E-state index contributed by atoms with van der Waals surface area (Å²) in [6.07, 6.45) is -2.18. The van der Waals surface area contributed by atoms with Crippen molar-refractivity contribution in [3.63, 3.8) is 0 Å². The number of aliphatic hydroxyl groups is 1. The van der Waals surface area contributed by atoms with Crippen molar-refractivity contribution < 1.29 is 33.3 Å². The molecule has 4 N–H and O–H groups in total. The smallest absolute Gasteiger partial charge is 0.319 e. The molecule has 2 aliphatic heterocycles. The molecule has 2 saturated heterocycles. The molecule has 0 unspecified atom stereocenters. The molecule has 2 fully saturated rings. The molecule has 0 spiro atoms. The number of methoxy groups -OCH3 is 1. The third-order valence-electron chi connectivity index (χ3n) is 5.91. The molecule has 2 aromatic rings. The van der Waals surface area contributed by atoms with Gasteiger partial charge in [0.1, 0.15) is 29.9 Å². The molecule has 2 heterocycles. The van der Waals surface area contributed by atoms with Crippen LogP contribution in [-0.4, -0.2) is 61.2 Å². The lowest BCUT2D eigenvalue weighted by Crippen LogP contribution is -2.42. The summed E-state index contributed by atoms with van der Waals surface area (Å²) in [5, 5.41) is 18.8. The number of anilines is 1. The van der Waals surface area contributed by atoms with Crippen LogP contribution in [0.15, 0.2) is 48.5 Å². The van der Waals surface area contributed by atoms with Gasteiger partial charge >= 0.3 is 6.03 Å². The first-order valence-corrected chi connectivity index (χ1v) is 11.1. The maximum absolute atomic E-state index is 13.0. The summed E-state index contributed by atoms with van der Waals surface area (Å²) in [6.45, 7) is 0.409. The highest BCUT2D eigenvalue weighted by Crippen LogP contribution is 2.35. The molecular weight excluding hydrogens is 445 g/mol. The minimum absolute atomic E-state index is 0.113. The van der Waals surface area contributed by atoms with Crippen molar-refractivity contribution in [2.24, 2.45) is 0 Å². The highest BCUT2D eigenvalue weighted by molar-refractivity contribution is 5.89. The van der Waals surface area contributed by atoms with Gasteiger partial charge in [-0.25, -0.2) is 9.18 Å². The van der Waals surface area contributed by atoms with Gasteiger partial charge in [-0.15, -0.1) is 0 Å². The third-order valence-corrected chi connectivity index (χ3v) is 5.91. The Morgan fingerprint density at radius 1 is 1.09 bits per heavy atom. The molecule has 0 aliphatic carbocycles. The lowest BCUT2D eigenvalue weighted by molar-refractivity contribution is -0.124. The molecule has 3 amide bonds. The normalized spacial score (nSPS) is 25.4. The van der Waals surface area contributed by atoms with Gasteiger partial charge in [-0.3, -0.25) is 4.79 Å². The largest absolute Gasteiger partial charge is 0.497 e. The Morgan fingerprint density at radius 3 is 2.50 bits per heavy atom. The molecular formula is C24H28FN3O6. The number of hydrogen-bond donors (Lipinski definition) is 4. The molecule has 34 heavy (non-hydrogen) atoms. The summed E-state index contributed by atoms with van der Waals surface area (Å²) in [5.74, 6) is 0.159.